The molecule has 2 aromatic rings. The Kier molecular flexibility index (Phi) is 4.22. The monoisotopic (exact) mass is 342 g/mol. The van der Waals surface area contributed by atoms with E-state index in [1.807, 2.05) is 17.0 Å². The van der Waals surface area contributed by atoms with Crippen LogP contribution < -0.4 is 4.90 Å². The fraction of sp³-hybridized carbons (Fsp3) is 0.500. The highest BCUT2D eigenvalue weighted by molar-refractivity contribution is 7.12. The first kappa shape index (κ1) is 15.6. The van der Waals surface area contributed by atoms with E-state index in [-0.39, 0.29) is 5.91 Å². The maximum absolute atomic E-state index is 12.9. The molecule has 4 rings (SSSR count). The quantitative estimate of drug-likeness (QED) is 0.856. The summed E-state index contributed by atoms with van der Waals surface area (Å²) in [6, 6.07) is 6.45. The number of carbonyl (C=O) groups is 1. The molecule has 5 nitrogen and oxygen atoms in total. The largest absolute Gasteiger partial charge is 0.355 e. The molecule has 6 heteroatoms. The van der Waals surface area contributed by atoms with Gasteiger partial charge in [0.1, 0.15) is 0 Å². The number of thiophene rings is 1. The molecule has 126 valence electrons. The molecule has 1 saturated heterocycles. The molecule has 0 radical (unpaired) electrons. The standard InChI is InChI=1S/C18H22N4OS/c1-21(16-3-2-9-19-20-16)14-6-10-22(11-7-14)18(23)17-15(8-12-24-17)13-4-5-13/h2-3,8-9,12-14H,4-7,10-11H2,1H3. The molecule has 0 aromatic carbocycles. The van der Waals surface area contributed by atoms with Gasteiger partial charge in [0.05, 0.1) is 4.88 Å². The molecule has 1 aliphatic heterocycles. The number of likely N-dealkylation sites (tertiary alicyclic amines) is 1. The number of anilines is 1. The van der Waals surface area contributed by atoms with Gasteiger partial charge in [-0.05, 0) is 60.7 Å². The van der Waals surface area contributed by atoms with Crippen LogP contribution in [0.15, 0.2) is 29.8 Å². The van der Waals surface area contributed by atoms with Crippen molar-refractivity contribution in [2.24, 2.45) is 0 Å². The Morgan fingerprint density at radius 2 is 2.04 bits per heavy atom. The Bertz CT molecular complexity index is 705. The number of hydrogen-bond donors (Lipinski definition) is 0. The van der Waals surface area contributed by atoms with E-state index in [1.165, 1.54) is 18.4 Å². The van der Waals surface area contributed by atoms with Crippen molar-refractivity contribution in [3.05, 3.63) is 40.2 Å². The summed E-state index contributed by atoms with van der Waals surface area (Å²) in [4.78, 5) is 18.0. The van der Waals surface area contributed by atoms with Crippen molar-refractivity contribution in [3.8, 4) is 0 Å². The summed E-state index contributed by atoms with van der Waals surface area (Å²) in [7, 11) is 2.07. The van der Waals surface area contributed by atoms with E-state index < -0.39 is 0 Å². The second kappa shape index (κ2) is 6.51. The molecule has 0 bridgehead atoms. The third-order valence-electron chi connectivity index (χ3n) is 5.13. The predicted octanol–water partition coefficient (Wildman–Crippen LogP) is 3.16. The van der Waals surface area contributed by atoms with Crippen LogP contribution in [-0.4, -0.2) is 47.2 Å². The SMILES string of the molecule is CN(c1cccnn1)C1CCN(C(=O)c2sccc2C2CC2)CC1. The molecule has 3 heterocycles. The average molecular weight is 342 g/mol. The van der Waals surface area contributed by atoms with Crippen molar-refractivity contribution in [2.45, 2.75) is 37.6 Å². The third-order valence-corrected chi connectivity index (χ3v) is 6.04. The lowest BCUT2D eigenvalue weighted by molar-refractivity contribution is 0.0717. The van der Waals surface area contributed by atoms with Crippen molar-refractivity contribution >= 4 is 23.1 Å². The van der Waals surface area contributed by atoms with Crippen molar-refractivity contribution in [1.29, 1.82) is 0 Å². The summed E-state index contributed by atoms with van der Waals surface area (Å²) in [6.07, 6.45) is 6.12. The Morgan fingerprint density at radius 1 is 1.25 bits per heavy atom. The minimum Gasteiger partial charge on any atom is -0.355 e. The summed E-state index contributed by atoms with van der Waals surface area (Å²) in [5, 5.41) is 10.2. The molecular formula is C18H22N4OS. The number of hydrogen-bond acceptors (Lipinski definition) is 5. The van der Waals surface area contributed by atoms with Gasteiger partial charge in [-0.2, -0.15) is 5.10 Å². The molecule has 1 aliphatic carbocycles. The van der Waals surface area contributed by atoms with E-state index in [2.05, 4.69) is 33.6 Å². The van der Waals surface area contributed by atoms with Crippen LogP contribution in [0.2, 0.25) is 0 Å². The zero-order valence-corrected chi connectivity index (χ0v) is 14.7. The lowest BCUT2D eigenvalue weighted by Crippen LogP contribution is -2.45. The van der Waals surface area contributed by atoms with Gasteiger partial charge in [0, 0.05) is 32.4 Å². The van der Waals surface area contributed by atoms with Gasteiger partial charge in [-0.1, -0.05) is 0 Å². The van der Waals surface area contributed by atoms with Crippen LogP contribution in [0, 0.1) is 0 Å². The minimum atomic E-state index is 0.229. The topological polar surface area (TPSA) is 49.3 Å². The summed E-state index contributed by atoms with van der Waals surface area (Å²) < 4.78 is 0. The van der Waals surface area contributed by atoms with Crippen LogP contribution in [0.1, 0.15) is 46.8 Å². The van der Waals surface area contributed by atoms with E-state index in [4.69, 9.17) is 0 Å². The molecule has 1 saturated carbocycles. The van der Waals surface area contributed by atoms with Gasteiger partial charge in [0.25, 0.3) is 5.91 Å². The normalized spacial score (nSPS) is 18.6. The number of carbonyl (C=O) groups excluding carboxylic acids is 1. The fourth-order valence-electron chi connectivity index (χ4n) is 3.48. The van der Waals surface area contributed by atoms with Crippen LogP contribution >= 0.6 is 11.3 Å². The molecule has 0 spiro atoms. The van der Waals surface area contributed by atoms with Gasteiger partial charge >= 0.3 is 0 Å². The molecule has 0 unspecified atom stereocenters. The van der Waals surface area contributed by atoms with E-state index in [1.54, 1.807) is 17.5 Å². The Morgan fingerprint density at radius 3 is 2.71 bits per heavy atom. The van der Waals surface area contributed by atoms with E-state index in [0.29, 0.717) is 12.0 Å². The van der Waals surface area contributed by atoms with Crippen molar-refractivity contribution in [2.75, 3.05) is 25.0 Å². The number of nitrogens with zero attached hydrogens (tertiary/aromatic N) is 4. The highest BCUT2D eigenvalue weighted by Gasteiger charge is 2.32. The van der Waals surface area contributed by atoms with Gasteiger partial charge < -0.3 is 9.80 Å². The first-order chi connectivity index (χ1) is 11.7. The molecule has 2 fully saturated rings. The molecule has 1 amide bonds. The van der Waals surface area contributed by atoms with Gasteiger partial charge in [-0.3, -0.25) is 4.79 Å². The molecule has 0 N–H and O–H groups in total. The Labute approximate surface area is 146 Å². The van der Waals surface area contributed by atoms with Crippen LogP contribution in [0.3, 0.4) is 0 Å². The van der Waals surface area contributed by atoms with Crippen LogP contribution in [0.4, 0.5) is 5.82 Å². The second-order valence-electron chi connectivity index (χ2n) is 6.70. The maximum Gasteiger partial charge on any atom is 0.264 e. The summed E-state index contributed by atoms with van der Waals surface area (Å²) in [5.41, 5.74) is 1.28. The molecule has 2 aliphatic rings. The van der Waals surface area contributed by atoms with E-state index >= 15 is 0 Å². The number of aromatic nitrogens is 2. The summed E-state index contributed by atoms with van der Waals surface area (Å²) in [6.45, 7) is 1.63. The number of rotatable bonds is 4. The molecule has 24 heavy (non-hydrogen) atoms. The second-order valence-corrected chi connectivity index (χ2v) is 7.61. The smallest absolute Gasteiger partial charge is 0.264 e. The van der Waals surface area contributed by atoms with Crippen molar-refractivity contribution < 1.29 is 4.79 Å². The van der Waals surface area contributed by atoms with Gasteiger partial charge in [0.15, 0.2) is 5.82 Å². The van der Waals surface area contributed by atoms with Crippen LogP contribution in [0.5, 0.6) is 0 Å². The highest BCUT2D eigenvalue weighted by atomic mass is 32.1. The maximum atomic E-state index is 12.9. The van der Waals surface area contributed by atoms with Crippen LogP contribution in [0.25, 0.3) is 0 Å². The number of amides is 1. The lowest BCUT2D eigenvalue weighted by Gasteiger charge is -2.37. The zero-order chi connectivity index (χ0) is 16.5. The minimum absolute atomic E-state index is 0.229. The van der Waals surface area contributed by atoms with Crippen LogP contribution in [-0.2, 0) is 0 Å². The lowest BCUT2D eigenvalue weighted by atomic mass is 10.0. The van der Waals surface area contributed by atoms with Crippen molar-refractivity contribution in [1.82, 2.24) is 15.1 Å². The van der Waals surface area contributed by atoms with E-state index in [0.717, 1.165) is 36.6 Å². The van der Waals surface area contributed by atoms with Crippen molar-refractivity contribution in [3.63, 3.8) is 0 Å². The van der Waals surface area contributed by atoms with Gasteiger partial charge in [-0.25, -0.2) is 0 Å². The summed E-state index contributed by atoms with van der Waals surface area (Å²) in [5.74, 6) is 1.76. The zero-order valence-electron chi connectivity index (χ0n) is 13.9. The summed E-state index contributed by atoms with van der Waals surface area (Å²) >= 11 is 1.60. The first-order valence-electron chi connectivity index (χ1n) is 8.61. The Balaban J connectivity index is 1.39. The van der Waals surface area contributed by atoms with Gasteiger partial charge in [0.2, 0.25) is 0 Å². The van der Waals surface area contributed by atoms with E-state index in [9.17, 15) is 4.79 Å². The van der Waals surface area contributed by atoms with Gasteiger partial charge in [-0.15, -0.1) is 16.4 Å². The average Bonchev–Trinajstić information content (AvgIpc) is 3.38. The molecular weight excluding hydrogens is 320 g/mol. The predicted molar refractivity (Wildman–Crippen MR) is 95.7 cm³/mol. The third kappa shape index (κ3) is 3.02. The number of piperidine rings is 1. The fourth-order valence-corrected chi connectivity index (χ4v) is 4.43. The Hall–Kier alpha value is -1.95. The highest BCUT2D eigenvalue weighted by Crippen LogP contribution is 2.43. The molecule has 0 atom stereocenters. The molecule has 2 aromatic heterocycles. The first-order valence-corrected chi connectivity index (χ1v) is 9.49.